The maximum absolute atomic E-state index is 9.46. The Morgan fingerprint density at radius 3 is 2.00 bits per heavy atom. The Kier molecular flexibility index (Phi) is 3.05. The number of rotatable bonds is 2. The van der Waals surface area contributed by atoms with Gasteiger partial charge in [-0.25, -0.2) is 0 Å². The van der Waals surface area contributed by atoms with Crippen LogP contribution in [0.25, 0.3) is 0 Å². The van der Waals surface area contributed by atoms with Gasteiger partial charge in [-0.2, -0.15) is 0 Å². The Labute approximate surface area is 63.0 Å². The van der Waals surface area contributed by atoms with E-state index < -0.39 is 13.8 Å². The van der Waals surface area contributed by atoms with E-state index in [1.54, 1.807) is 7.05 Å². The van der Waals surface area contributed by atoms with Crippen LogP contribution in [0.5, 0.6) is 0 Å². The zero-order valence-corrected chi connectivity index (χ0v) is 8.05. The average Bonchev–Trinajstić information content (AvgIpc) is 1.83. The molecule has 0 aromatic carbocycles. The van der Waals surface area contributed by atoms with E-state index in [0.29, 0.717) is 5.84 Å². The third kappa shape index (κ3) is 2.49. The molecule has 0 aliphatic heterocycles. The van der Waals surface area contributed by atoms with E-state index in [4.69, 9.17) is 5.73 Å². The lowest BCUT2D eigenvalue weighted by Gasteiger charge is -2.22. The lowest BCUT2D eigenvalue weighted by Crippen LogP contribution is -2.47. The number of nitrogens with zero attached hydrogens (tertiary/aromatic N) is 1. The van der Waals surface area contributed by atoms with Crippen LogP contribution < -0.4 is 5.73 Å². The fraction of sp³-hybridized carbons (Fsp3) is 0.833. The molecule has 10 heavy (non-hydrogen) atoms. The Hall–Kier alpha value is -0.353. The summed E-state index contributed by atoms with van der Waals surface area (Å²) in [5, 5.41) is 9.46. The monoisotopic (exact) mass is 160 g/mol. The lowest BCUT2D eigenvalue weighted by molar-refractivity contribution is 0.306. The Balaban J connectivity index is 4.23. The van der Waals surface area contributed by atoms with E-state index in [0.717, 1.165) is 0 Å². The van der Waals surface area contributed by atoms with Crippen molar-refractivity contribution in [1.29, 1.82) is 0 Å². The zero-order chi connectivity index (χ0) is 8.36. The number of nitrogens with two attached hydrogens (primary N) is 1. The van der Waals surface area contributed by atoms with Gasteiger partial charge in [-0.05, 0) is 0 Å². The number of amidine groups is 1. The quantitative estimate of drug-likeness (QED) is 0.345. The van der Waals surface area contributed by atoms with E-state index in [9.17, 15) is 5.11 Å². The van der Waals surface area contributed by atoms with Crippen LogP contribution in [0, 0.1) is 0 Å². The molecule has 0 bridgehead atoms. The molecule has 0 radical (unpaired) electrons. The highest BCUT2D eigenvalue weighted by molar-refractivity contribution is 6.80. The summed E-state index contributed by atoms with van der Waals surface area (Å²) in [5.74, 6) is 0.360. The first-order valence-electron chi connectivity index (χ1n) is 3.30. The van der Waals surface area contributed by atoms with Crippen molar-refractivity contribution < 1.29 is 5.11 Å². The van der Waals surface area contributed by atoms with E-state index in [1.165, 1.54) is 0 Å². The normalized spacial score (nSPS) is 17.1. The summed E-state index contributed by atoms with van der Waals surface area (Å²) in [7, 11) is 0.0510. The molecule has 0 aromatic rings. The smallest absolute Gasteiger partial charge is 0.119 e. The van der Waals surface area contributed by atoms with Crippen LogP contribution in [-0.2, 0) is 0 Å². The van der Waals surface area contributed by atoms with E-state index in [-0.39, 0.29) is 0 Å². The highest BCUT2D eigenvalue weighted by atomic mass is 28.3. The molecule has 0 saturated heterocycles. The van der Waals surface area contributed by atoms with Crippen LogP contribution in [0.2, 0.25) is 19.6 Å². The van der Waals surface area contributed by atoms with Crippen molar-refractivity contribution in [2.75, 3.05) is 7.05 Å². The minimum atomic E-state index is -1.54. The number of aliphatic hydroxyl groups is 1. The standard InChI is InChI=1S/C6H16N2OSi/c1-8-5(7)6(9)10(2,3)4/h6,9H,1-4H3,(H2,7,8). The number of aliphatic hydroxyl groups excluding tert-OH is 1. The van der Waals surface area contributed by atoms with Crippen molar-refractivity contribution in [3.63, 3.8) is 0 Å². The maximum atomic E-state index is 9.46. The number of hydrogen-bond donors (Lipinski definition) is 2. The van der Waals surface area contributed by atoms with Crippen molar-refractivity contribution in [2.24, 2.45) is 10.7 Å². The highest BCUT2D eigenvalue weighted by Gasteiger charge is 2.27. The van der Waals surface area contributed by atoms with Gasteiger partial charge < -0.3 is 10.8 Å². The second-order valence-electron chi connectivity index (χ2n) is 3.42. The summed E-state index contributed by atoms with van der Waals surface area (Å²) < 4.78 is 0. The molecular weight excluding hydrogens is 144 g/mol. The minimum Gasteiger partial charge on any atom is -0.389 e. The second-order valence-corrected chi connectivity index (χ2v) is 8.70. The van der Waals surface area contributed by atoms with Gasteiger partial charge >= 0.3 is 0 Å². The number of aliphatic imine (C=N–C) groups is 1. The highest BCUT2D eigenvalue weighted by Crippen LogP contribution is 2.06. The van der Waals surface area contributed by atoms with Crippen LogP contribution in [0.4, 0.5) is 0 Å². The zero-order valence-electron chi connectivity index (χ0n) is 7.05. The van der Waals surface area contributed by atoms with Gasteiger partial charge in [0.1, 0.15) is 5.84 Å². The van der Waals surface area contributed by atoms with Gasteiger partial charge in [0.25, 0.3) is 0 Å². The second kappa shape index (κ2) is 3.16. The van der Waals surface area contributed by atoms with Crippen molar-refractivity contribution in [2.45, 2.75) is 25.4 Å². The third-order valence-corrected chi connectivity index (χ3v) is 3.30. The molecule has 3 nitrogen and oxygen atoms in total. The molecule has 3 N–H and O–H groups in total. The lowest BCUT2D eigenvalue weighted by atomic mass is 10.6. The first kappa shape index (κ1) is 9.65. The summed E-state index contributed by atoms with van der Waals surface area (Å²) in [5.41, 5.74) is 4.94. The summed E-state index contributed by atoms with van der Waals surface area (Å²) in [6.07, 6.45) is 0. The van der Waals surface area contributed by atoms with Gasteiger partial charge in [-0.15, -0.1) is 0 Å². The average molecular weight is 160 g/mol. The molecule has 0 aliphatic rings. The Morgan fingerprint density at radius 2 is 1.90 bits per heavy atom. The summed E-state index contributed by atoms with van der Waals surface area (Å²) in [6, 6.07) is 0. The first-order valence-corrected chi connectivity index (χ1v) is 6.87. The Bertz CT molecular complexity index is 139. The molecular formula is C6H16N2OSi. The van der Waals surface area contributed by atoms with E-state index in [1.807, 2.05) is 0 Å². The van der Waals surface area contributed by atoms with Crippen LogP contribution in [0.15, 0.2) is 4.99 Å². The molecule has 0 amide bonds. The molecule has 0 rings (SSSR count). The van der Waals surface area contributed by atoms with Gasteiger partial charge in [-0.1, -0.05) is 19.6 Å². The molecule has 0 spiro atoms. The van der Waals surface area contributed by atoms with Crippen molar-refractivity contribution in [1.82, 2.24) is 0 Å². The van der Waals surface area contributed by atoms with E-state index in [2.05, 4.69) is 24.6 Å². The van der Waals surface area contributed by atoms with Gasteiger partial charge in [0.05, 0.1) is 13.8 Å². The summed E-state index contributed by atoms with van der Waals surface area (Å²) >= 11 is 0. The number of hydrogen-bond acceptors (Lipinski definition) is 2. The molecule has 1 atom stereocenters. The molecule has 60 valence electrons. The van der Waals surface area contributed by atoms with Crippen molar-refractivity contribution in [3.05, 3.63) is 0 Å². The third-order valence-electron chi connectivity index (χ3n) is 1.36. The molecule has 0 aliphatic carbocycles. The Morgan fingerprint density at radius 1 is 1.50 bits per heavy atom. The molecule has 4 heteroatoms. The molecule has 0 aromatic heterocycles. The van der Waals surface area contributed by atoms with E-state index >= 15 is 0 Å². The van der Waals surface area contributed by atoms with Gasteiger partial charge in [0.15, 0.2) is 0 Å². The van der Waals surface area contributed by atoms with Crippen LogP contribution in [0.1, 0.15) is 0 Å². The predicted octanol–water partition coefficient (Wildman–Crippen LogP) is 0.212. The predicted molar refractivity (Wildman–Crippen MR) is 46.9 cm³/mol. The molecule has 1 unspecified atom stereocenters. The SMILES string of the molecule is CN=C(N)C(O)[Si](C)(C)C. The van der Waals surface area contributed by atoms with Crippen LogP contribution >= 0.6 is 0 Å². The largest absolute Gasteiger partial charge is 0.389 e. The molecule has 0 fully saturated rings. The van der Waals surface area contributed by atoms with Gasteiger partial charge in [0, 0.05) is 7.05 Å². The maximum Gasteiger partial charge on any atom is 0.119 e. The van der Waals surface area contributed by atoms with Crippen molar-refractivity contribution >= 4 is 13.9 Å². The summed E-state index contributed by atoms with van der Waals surface area (Å²) in [4.78, 5) is 3.73. The summed E-state index contributed by atoms with van der Waals surface area (Å²) in [6.45, 7) is 6.15. The van der Waals surface area contributed by atoms with Gasteiger partial charge in [0.2, 0.25) is 0 Å². The fourth-order valence-electron chi connectivity index (χ4n) is 0.566. The molecule has 0 saturated carbocycles. The van der Waals surface area contributed by atoms with Gasteiger partial charge in [-0.3, -0.25) is 4.99 Å². The van der Waals surface area contributed by atoms with Crippen LogP contribution in [-0.4, -0.2) is 31.8 Å². The molecule has 0 heterocycles. The van der Waals surface area contributed by atoms with Crippen LogP contribution in [0.3, 0.4) is 0 Å². The minimum absolute atomic E-state index is 0.360. The topological polar surface area (TPSA) is 58.6 Å². The van der Waals surface area contributed by atoms with Crippen molar-refractivity contribution in [3.8, 4) is 0 Å². The first-order chi connectivity index (χ1) is 4.39. The fourth-order valence-corrected chi connectivity index (χ4v) is 1.58.